The average Bonchev–Trinajstić information content (AvgIpc) is 2.73. The molecule has 0 fully saturated rings. The highest BCUT2D eigenvalue weighted by Crippen LogP contribution is 2.23. The third kappa shape index (κ3) is 5.82. The standard InChI is InChI=1S/C26H28N2/c1-22(25-18-12-16-24-15-8-9-17-26(24)25)27-19-10-3-4-11-20-28(2)21-23-13-6-5-7-14-23/h3,5-10,12-18,22,27H,19-21H2,1-2H3/t22-/m1/s1. The summed E-state index contributed by atoms with van der Waals surface area (Å²) in [6, 6.07) is 25.8. The van der Waals surface area contributed by atoms with E-state index in [1.807, 2.05) is 12.1 Å². The van der Waals surface area contributed by atoms with Gasteiger partial charge in [0.05, 0.1) is 6.54 Å². The lowest BCUT2D eigenvalue weighted by Gasteiger charge is -2.15. The van der Waals surface area contributed by atoms with Crippen LogP contribution in [0.2, 0.25) is 0 Å². The maximum absolute atomic E-state index is 3.56. The summed E-state index contributed by atoms with van der Waals surface area (Å²) < 4.78 is 0. The molecule has 0 saturated carbocycles. The van der Waals surface area contributed by atoms with E-state index in [0.29, 0.717) is 6.04 Å². The first-order chi connectivity index (χ1) is 13.7. The summed E-state index contributed by atoms with van der Waals surface area (Å²) in [6.45, 7) is 4.70. The summed E-state index contributed by atoms with van der Waals surface area (Å²) in [6.07, 6.45) is 4.03. The van der Waals surface area contributed by atoms with E-state index in [2.05, 4.69) is 109 Å². The van der Waals surface area contributed by atoms with Crippen molar-refractivity contribution in [1.82, 2.24) is 10.2 Å². The molecule has 0 heterocycles. The number of rotatable bonds is 7. The molecule has 2 heteroatoms. The van der Waals surface area contributed by atoms with Gasteiger partial charge in [-0.3, -0.25) is 4.90 Å². The summed E-state index contributed by atoms with van der Waals surface area (Å²) in [5.74, 6) is 6.34. The Morgan fingerprint density at radius 3 is 2.57 bits per heavy atom. The molecule has 0 saturated heterocycles. The lowest BCUT2D eigenvalue weighted by Crippen LogP contribution is -2.18. The van der Waals surface area contributed by atoms with Crippen molar-refractivity contribution in [2.75, 3.05) is 20.1 Å². The second kappa shape index (κ2) is 10.5. The molecule has 3 rings (SSSR count). The largest absolute Gasteiger partial charge is 0.307 e. The Bertz CT molecular complexity index is 958. The van der Waals surface area contributed by atoms with Crippen molar-refractivity contribution in [2.24, 2.45) is 0 Å². The molecular weight excluding hydrogens is 340 g/mol. The summed E-state index contributed by atoms with van der Waals surface area (Å²) in [5, 5.41) is 6.16. The second-order valence-electron chi connectivity index (χ2n) is 7.08. The van der Waals surface area contributed by atoms with Crippen molar-refractivity contribution in [3.8, 4) is 11.8 Å². The lowest BCUT2D eigenvalue weighted by atomic mass is 10.00. The number of benzene rings is 3. The Morgan fingerprint density at radius 1 is 0.964 bits per heavy atom. The molecule has 0 aliphatic carbocycles. The van der Waals surface area contributed by atoms with Crippen LogP contribution in [0.5, 0.6) is 0 Å². The summed E-state index contributed by atoms with van der Waals surface area (Å²) in [7, 11) is 2.10. The molecule has 142 valence electrons. The normalized spacial score (nSPS) is 12.2. The zero-order valence-corrected chi connectivity index (χ0v) is 16.7. The van der Waals surface area contributed by atoms with Crippen LogP contribution in [0.4, 0.5) is 0 Å². The third-order valence-corrected chi connectivity index (χ3v) is 4.78. The van der Waals surface area contributed by atoms with E-state index in [0.717, 1.165) is 19.6 Å². The van der Waals surface area contributed by atoms with Gasteiger partial charge < -0.3 is 5.32 Å². The Labute approximate surface area is 168 Å². The minimum absolute atomic E-state index is 0.292. The Hall–Kier alpha value is -2.86. The molecule has 0 amide bonds. The van der Waals surface area contributed by atoms with Crippen LogP contribution in [-0.4, -0.2) is 25.0 Å². The van der Waals surface area contributed by atoms with Gasteiger partial charge in [0.1, 0.15) is 0 Å². The van der Waals surface area contributed by atoms with Crippen LogP contribution in [0.25, 0.3) is 10.8 Å². The van der Waals surface area contributed by atoms with Gasteiger partial charge in [-0.05, 0) is 41.9 Å². The van der Waals surface area contributed by atoms with Gasteiger partial charge in [-0.25, -0.2) is 0 Å². The highest BCUT2D eigenvalue weighted by Gasteiger charge is 2.07. The van der Waals surface area contributed by atoms with Crippen LogP contribution in [0.3, 0.4) is 0 Å². The molecule has 28 heavy (non-hydrogen) atoms. The molecule has 1 atom stereocenters. The number of nitrogens with zero attached hydrogens (tertiary/aromatic N) is 1. The molecule has 0 bridgehead atoms. The predicted octanol–water partition coefficient (Wildman–Crippen LogP) is 5.18. The molecule has 3 aromatic carbocycles. The number of fused-ring (bicyclic) bond motifs is 1. The zero-order chi connectivity index (χ0) is 19.6. The smallest absolute Gasteiger partial charge is 0.0605 e. The SMILES string of the molecule is C[C@@H](NCC=CC#CCN(C)Cc1ccccc1)c1cccc2ccccc12. The molecule has 0 aromatic heterocycles. The number of nitrogens with one attached hydrogen (secondary N) is 1. The van der Waals surface area contributed by atoms with E-state index in [9.17, 15) is 0 Å². The molecule has 1 N–H and O–H groups in total. The topological polar surface area (TPSA) is 15.3 Å². The highest BCUT2D eigenvalue weighted by atomic mass is 15.1. The minimum Gasteiger partial charge on any atom is -0.307 e. The summed E-state index contributed by atoms with van der Waals surface area (Å²) in [5.41, 5.74) is 2.65. The minimum atomic E-state index is 0.292. The molecule has 0 spiro atoms. The van der Waals surface area contributed by atoms with E-state index < -0.39 is 0 Å². The Morgan fingerprint density at radius 2 is 1.71 bits per heavy atom. The van der Waals surface area contributed by atoms with Gasteiger partial charge in [0.15, 0.2) is 0 Å². The highest BCUT2D eigenvalue weighted by molar-refractivity contribution is 5.86. The Kier molecular flexibility index (Phi) is 7.44. The fourth-order valence-corrected chi connectivity index (χ4v) is 3.29. The van der Waals surface area contributed by atoms with Gasteiger partial charge in [-0.15, -0.1) is 0 Å². The lowest BCUT2D eigenvalue weighted by molar-refractivity contribution is 0.369. The van der Waals surface area contributed by atoms with Crippen LogP contribution in [0, 0.1) is 11.8 Å². The van der Waals surface area contributed by atoms with Gasteiger partial charge in [0.25, 0.3) is 0 Å². The van der Waals surface area contributed by atoms with Crippen molar-refractivity contribution in [3.05, 3.63) is 96.1 Å². The molecular formula is C26H28N2. The first-order valence-electron chi connectivity index (χ1n) is 9.81. The molecule has 3 aromatic rings. The quantitative estimate of drug-likeness (QED) is 0.578. The average molecular weight is 369 g/mol. The van der Waals surface area contributed by atoms with Crippen molar-refractivity contribution in [3.63, 3.8) is 0 Å². The summed E-state index contributed by atoms with van der Waals surface area (Å²) >= 11 is 0. The maximum Gasteiger partial charge on any atom is 0.0605 e. The van der Waals surface area contributed by atoms with E-state index in [1.54, 1.807) is 0 Å². The Balaban J connectivity index is 1.43. The van der Waals surface area contributed by atoms with E-state index in [4.69, 9.17) is 0 Å². The maximum atomic E-state index is 3.56. The number of hydrogen-bond acceptors (Lipinski definition) is 2. The van der Waals surface area contributed by atoms with E-state index >= 15 is 0 Å². The number of hydrogen-bond donors (Lipinski definition) is 1. The van der Waals surface area contributed by atoms with E-state index in [-0.39, 0.29) is 0 Å². The van der Waals surface area contributed by atoms with Crippen LogP contribution in [0.15, 0.2) is 84.9 Å². The number of allylic oxidation sites excluding steroid dienone is 1. The third-order valence-electron chi connectivity index (χ3n) is 4.78. The second-order valence-corrected chi connectivity index (χ2v) is 7.08. The van der Waals surface area contributed by atoms with Crippen LogP contribution in [-0.2, 0) is 6.54 Å². The molecule has 0 radical (unpaired) electrons. The fraction of sp³-hybridized carbons (Fsp3) is 0.231. The van der Waals surface area contributed by atoms with Gasteiger partial charge in [-0.1, -0.05) is 90.7 Å². The van der Waals surface area contributed by atoms with E-state index in [1.165, 1.54) is 21.9 Å². The van der Waals surface area contributed by atoms with Crippen LogP contribution in [0.1, 0.15) is 24.1 Å². The van der Waals surface area contributed by atoms with Crippen LogP contribution < -0.4 is 5.32 Å². The van der Waals surface area contributed by atoms with Crippen LogP contribution >= 0.6 is 0 Å². The van der Waals surface area contributed by atoms with Crippen molar-refractivity contribution in [2.45, 2.75) is 19.5 Å². The van der Waals surface area contributed by atoms with Crippen molar-refractivity contribution >= 4 is 10.8 Å². The van der Waals surface area contributed by atoms with Gasteiger partial charge in [-0.2, -0.15) is 0 Å². The van der Waals surface area contributed by atoms with Gasteiger partial charge >= 0.3 is 0 Å². The van der Waals surface area contributed by atoms with Gasteiger partial charge in [0.2, 0.25) is 0 Å². The predicted molar refractivity (Wildman–Crippen MR) is 120 cm³/mol. The monoisotopic (exact) mass is 368 g/mol. The molecule has 0 aliphatic rings. The first kappa shape index (κ1) is 19.9. The molecule has 0 unspecified atom stereocenters. The zero-order valence-electron chi connectivity index (χ0n) is 16.7. The van der Waals surface area contributed by atoms with Crippen molar-refractivity contribution in [1.29, 1.82) is 0 Å². The molecule has 2 nitrogen and oxygen atoms in total. The first-order valence-corrected chi connectivity index (χ1v) is 9.81. The van der Waals surface area contributed by atoms with Gasteiger partial charge in [0, 0.05) is 19.1 Å². The molecule has 0 aliphatic heterocycles. The van der Waals surface area contributed by atoms with Crippen molar-refractivity contribution < 1.29 is 0 Å². The fourth-order valence-electron chi connectivity index (χ4n) is 3.29. The summed E-state index contributed by atoms with van der Waals surface area (Å²) in [4.78, 5) is 2.22.